The largest absolute Gasteiger partial charge is 0.489 e. The molecule has 8 nitrogen and oxygen atoms in total. The summed E-state index contributed by atoms with van der Waals surface area (Å²) in [5, 5.41) is 6.26. The van der Waals surface area contributed by atoms with E-state index in [1.165, 1.54) is 7.05 Å². The van der Waals surface area contributed by atoms with Gasteiger partial charge in [0.25, 0.3) is 5.91 Å². The Morgan fingerprint density at radius 2 is 1.90 bits per heavy atom. The van der Waals surface area contributed by atoms with Crippen molar-refractivity contribution >= 4 is 34.4 Å². The number of rotatable bonds is 6. The summed E-state index contributed by atoms with van der Waals surface area (Å²) in [5.74, 6) is -0.111. The maximum absolute atomic E-state index is 12.2. The number of aromatic nitrogens is 1. The van der Waals surface area contributed by atoms with Gasteiger partial charge in [-0.05, 0) is 43.3 Å². The highest BCUT2D eigenvalue weighted by molar-refractivity contribution is 6.06. The van der Waals surface area contributed by atoms with Crippen LogP contribution in [-0.2, 0) is 16.2 Å². The van der Waals surface area contributed by atoms with Gasteiger partial charge in [-0.25, -0.2) is 4.79 Å². The van der Waals surface area contributed by atoms with Crippen LogP contribution in [-0.4, -0.2) is 40.8 Å². The van der Waals surface area contributed by atoms with Crippen LogP contribution < -0.4 is 15.4 Å². The lowest BCUT2D eigenvalue weighted by molar-refractivity contribution is -0.128. The normalized spacial score (nSPS) is 15.8. The number of imide groups is 1. The van der Waals surface area contributed by atoms with E-state index >= 15 is 0 Å². The van der Waals surface area contributed by atoms with Crippen molar-refractivity contribution in [3.63, 3.8) is 0 Å². The van der Waals surface area contributed by atoms with Crippen molar-refractivity contribution in [2.75, 3.05) is 12.4 Å². The minimum atomic E-state index is -0.834. The highest BCUT2D eigenvalue weighted by Crippen LogP contribution is 2.22. The number of nitrogens with zero attached hydrogens (tertiary/aromatic N) is 2. The quantitative estimate of drug-likeness (QED) is 0.600. The third-order valence-corrected chi connectivity index (χ3v) is 5.08. The lowest BCUT2D eigenvalue weighted by Crippen LogP contribution is -2.33. The molecule has 1 saturated heterocycles. The van der Waals surface area contributed by atoms with Crippen LogP contribution in [0.4, 0.5) is 10.5 Å². The van der Waals surface area contributed by atoms with Gasteiger partial charge in [0.15, 0.2) is 0 Å². The molecule has 1 unspecified atom stereocenters. The van der Waals surface area contributed by atoms with Gasteiger partial charge < -0.3 is 15.4 Å². The van der Waals surface area contributed by atoms with Crippen LogP contribution in [0.3, 0.4) is 0 Å². The van der Waals surface area contributed by atoms with Crippen molar-refractivity contribution in [1.82, 2.24) is 15.2 Å². The number of anilines is 1. The third-order valence-electron chi connectivity index (χ3n) is 5.08. The molecule has 2 aromatic carbocycles. The number of ether oxygens (including phenoxy) is 1. The van der Waals surface area contributed by atoms with E-state index in [4.69, 9.17) is 4.74 Å². The molecule has 1 aromatic heterocycles. The zero-order chi connectivity index (χ0) is 22.0. The van der Waals surface area contributed by atoms with Gasteiger partial charge in [-0.3, -0.25) is 19.5 Å². The van der Waals surface area contributed by atoms with E-state index in [1.807, 2.05) is 37.3 Å². The van der Waals surface area contributed by atoms with Crippen molar-refractivity contribution < 1.29 is 19.1 Å². The highest BCUT2D eigenvalue weighted by Gasteiger charge is 2.36. The van der Waals surface area contributed by atoms with E-state index in [0.29, 0.717) is 18.0 Å². The Balaban J connectivity index is 1.35. The second kappa shape index (κ2) is 8.43. The highest BCUT2D eigenvalue weighted by atomic mass is 16.5. The first-order valence-corrected chi connectivity index (χ1v) is 9.87. The molecule has 0 aliphatic carbocycles. The van der Waals surface area contributed by atoms with Crippen LogP contribution in [0.1, 0.15) is 17.7 Å². The summed E-state index contributed by atoms with van der Waals surface area (Å²) in [6, 6.07) is 15.6. The predicted molar refractivity (Wildman–Crippen MR) is 116 cm³/mol. The van der Waals surface area contributed by atoms with Crippen molar-refractivity contribution in [2.45, 2.75) is 26.0 Å². The summed E-state index contributed by atoms with van der Waals surface area (Å²) in [7, 11) is 1.38. The Labute approximate surface area is 179 Å². The molecule has 3 aromatic rings. The van der Waals surface area contributed by atoms with Crippen molar-refractivity contribution in [3.05, 3.63) is 65.9 Å². The Morgan fingerprint density at radius 3 is 2.61 bits per heavy atom. The van der Waals surface area contributed by atoms with Gasteiger partial charge in [0.1, 0.15) is 18.4 Å². The molecule has 158 valence electrons. The first kappa shape index (κ1) is 20.3. The molecule has 31 heavy (non-hydrogen) atoms. The molecule has 1 atom stereocenters. The number of nitrogens with one attached hydrogen (secondary N) is 2. The summed E-state index contributed by atoms with van der Waals surface area (Å²) in [6.45, 7) is 2.35. The zero-order valence-corrected chi connectivity index (χ0v) is 17.2. The maximum Gasteiger partial charge on any atom is 0.324 e. The number of pyridine rings is 1. The van der Waals surface area contributed by atoms with Crippen LogP contribution in [0.2, 0.25) is 0 Å². The molecule has 4 rings (SSSR count). The molecule has 1 fully saturated rings. The summed E-state index contributed by atoms with van der Waals surface area (Å²) < 4.78 is 5.92. The van der Waals surface area contributed by atoms with Crippen LogP contribution in [0.5, 0.6) is 5.75 Å². The first-order chi connectivity index (χ1) is 14.9. The lowest BCUT2D eigenvalue weighted by atomic mass is 10.1. The Morgan fingerprint density at radius 1 is 1.16 bits per heavy atom. The number of likely N-dealkylation sites (N-methyl/N-ethyl adjacent to an activating group) is 1. The number of carbonyl (C=O) groups excluding carboxylic acids is 3. The van der Waals surface area contributed by atoms with Crippen LogP contribution >= 0.6 is 0 Å². The molecule has 0 saturated carbocycles. The number of benzene rings is 2. The van der Waals surface area contributed by atoms with E-state index in [9.17, 15) is 14.4 Å². The van der Waals surface area contributed by atoms with Gasteiger partial charge in [0.2, 0.25) is 5.91 Å². The lowest BCUT2D eigenvalue weighted by Gasteiger charge is -2.11. The number of para-hydroxylation sites is 1. The minimum absolute atomic E-state index is 0.123. The topological polar surface area (TPSA) is 101 Å². The fourth-order valence-corrected chi connectivity index (χ4v) is 3.49. The van der Waals surface area contributed by atoms with Crippen LogP contribution in [0, 0.1) is 6.92 Å². The molecule has 2 N–H and O–H groups in total. The molecule has 0 radical (unpaired) electrons. The third kappa shape index (κ3) is 4.48. The SMILES string of the molecule is Cc1cc(COc2ccc(NC(=O)CC3NC(=O)N(C)C3=O)cc2)c2ccccc2n1. The average Bonchev–Trinajstić information content (AvgIpc) is 2.99. The van der Waals surface area contributed by atoms with E-state index in [0.717, 1.165) is 27.1 Å². The van der Waals surface area contributed by atoms with Crippen molar-refractivity contribution in [2.24, 2.45) is 0 Å². The van der Waals surface area contributed by atoms with Crippen molar-refractivity contribution in [1.29, 1.82) is 0 Å². The number of hydrogen-bond acceptors (Lipinski definition) is 5. The number of hydrogen-bond donors (Lipinski definition) is 2. The van der Waals surface area contributed by atoms with Gasteiger partial charge in [-0.15, -0.1) is 0 Å². The second-order valence-electron chi connectivity index (χ2n) is 7.40. The number of aryl methyl sites for hydroxylation is 1. The second-order valence-corrected chi connectivity index (χ2v) is 7.40. The zero-order valence-electron chi connectivity index (χ0n) is 17.2. The molecule has 1 aliphatic heterocycles. The monoisotopic (exact) mass is 418 g/mol. The molecule has 0 spiro atoms. The van der Waals surface area contributed by atoms with Gasteiger partial charge in [-0.1, -0.05) is 18.2 Å². The fraction of sp³-hybridized carbons (Fsp3) is 0.217. The number of amides is 4. The molecular formula is C23H22N4O4. The first-order valence-electron chi connectivity index (χ1n) is 9.87. The number of carbonyl (C=O) groups is 3. The number of urea groups is 1. The van der Waals surface area contributed by atoms with E-state index in [-0.39, 0.29) is 12.3 Å². The molecule has 4 amide bonds. The summed E-state index contributed by atoms with van der Waals surface area (Å²) in [5.41, 5.74) is 3.49. The standard InChI is InChI=1S/C23H22N4O4/c1-14-11-15(18-5-3-4-6-19(18)24-14)13-31-17-9-7-16(8-10-17)25-21(28)12-20-22(29)27(2)23(30)26-20/h3-11,20H,12-13H2,1-2H3,(H,25,28)(H,26,30). The Kier molecular flexibility index (Phi) is 5.53. The maximum atomic E-state index is 12.2. The Bertz CT molecular complexity index is 1160. The van der Waals surface area contributed by atoms with Gasteiger partial charge >= 0.3 is 6.03 Å². The van der Waals surface area contributed by atoms with Gasteiger partial charge in [-0.2, -0.15) is 0 Å². The minimum Gasteiger partial charge on any atom is -0.489 e. The molecule has 0 bridgehead atoms. The van der Waals surface area contributed by atoms with E-state index < -0.39 is 18.0 Å². The fourth-order valence-electron chi connectivity index (χ4n) is 3.49. The average molecular weight is 418 g/mol. The summed E-state index contributed by atoms with van der Waals surface area (Å²) >= 11 is 0. The van der Waals surface area contributed by atoms with Gasteiger partial charge in [0, 0.05) is 29.4 Å². The summed E-state index contributed by atoms with van der Waals surface area (Å²) in [4.78, 5) is 41.1. The molecule has 1 aliphatic rings. The molecule has 2 heterocycles. The van der Waals surface area contributed by atoms with E-state index in [2.05, 4.69) is 15.6 Å². The number of fused-ring (bicyclic) bond motifs is 1. The smallest absolute Gasteiger partial charge is 0.324 e. The van der Waals surface area contributed by atoms with Crippen molar-refractivity contribution in [3.8, 4) is 5.75 Å². The van der Waals surface area contributed by atoms with Crippen LogP contribution in [0.25, 0.3) is 10.9 Å². The Hall–Kier alpha value is -3.94. The molecule has 8 heteroatoms. The molecular weight excluding hydrogens is 396 g/mol. The summed E-state index contributed by atoms with van der Waals surface area (Å²) in [6.07, 6.45) is -0.123. The van der Waals surface area contributed by atoms with Gasteiger partial charge in [0.05, 0.1) is 11.9 Å². The van der Waals surface area contributed by atoms with Crippen LogP contribution in [0.15, 0.2) is 54.6 Å². The van der Waals surface area contributed by atoms with E-state index in [1.54, 1.807) is 24.3 Å². The predicted octanol–water partition coefficient (Wildman–Crippen LogP) is 3.00.